The predicted molar refractivity (Wildman–Crippen MR) is 124 cm³/mol. The second-order valence-corrected chi connectivity index (χ2v) is 7.65. The fraction of sp³-hybridized carbons (Fsp3) is 0.227. The molecule has 0 saturated carbocycles. The van der Waals surface area contributed by atoms with E-state index in [4.69, 9.17) is 37.5 Å². The number of amidine groups is 1. The van der Waals surface area contributed by atoms with Gasteiger partial charge in [-0.1, -0.05) is 47.5 Å². The van der Waals surface area contributed by atoms with Crippen LogP contribution in [-0.4, -0.2) is 36.2 Å². The van der Waals surface area contributed by atoms with Crippen LogP contribution >= 0.6 is 23.2 Å². The molecule has 8 nitrogen and oxygen atoms in total. The van der Waals surface area contributed by atoms with Crippen LogP contribution in [-0.2, 0) is 11.3 Å². The smallest absolute Gasteiger partial charge is 0.318 e. The minimum Gasteiger partial charge on any atom is -0.476 e. The molecule has 0 bridgehead atoms. The molecule has 0 saturated heterocycles. The standard InChI is InChI=1S/C22H21Cl2N5O3/c1-30-22-27-18(20(21-26-13-31-29-21)32-16-5-3-2-4-6-16)12-19(28-22)25-10-9-14-7-8-15(23)11-17(14)24/h2-8,11-12,20H,9-10,13H2,1H3,(H,26,29)(H,25,27,28). The maximum Gasteiger partial charge on any atom is 0.318 e. The van der Waals surface area contributed by atoms with Crippen molar-refractivity contribution in [1.29, 1.82) is 0 Å². The minimum absolute atomic E-state index is 0.194. The van der Waals surface area contributed by atoms with Crippen molar-refractivity contribution < 1.29 is 14.3 Å². The molecule has 4 rings (SSSR count). The fourth-order valence-corrected chi connectivity index (χ4v) is 3.58. The number of aromatic nitrogens is 2. The van der Waals surface area contributed by atoms with Crippen LogP contribution in [0.3, 0.4) is 0 Å². The molecule has 1 atom stereocenters. The number of methoxy groups -OCH3 is 1. The van der Waals surface area contributed by atoms with E-state index in [1.54, 1.807) is 12.1 Å². The second-order valence-electron chi connectivity index (χ2n) is 6.81. The number of anilines is 1. The topological polar surface area (TPSA) is 89.9 Å². The quantitative estimate of drug-likeness (QED) is 0.474. The summed E-state index contributed by atoms with van der Waals surface area (Å²) in [4.78, 5) is 18.4. The molecule has 32 heavy (non-hydrogen) atoms. The molecule has 166 valence electrons. The van der Waals surface area contributed by atoms with Crippen molar-refractivity contribution >= 4 is 34.9 Å². The lowest BCUT2D eigenvalue weighted by atomic mass is 10.1. The van der Waals surface area contributed by atoms with E-state index in [9.17, 15) is 0 Å². The molecule has 1 aliphatic heterocycles. The van der Waals surface area contributed by atoms with Crippen molar-refractivity contribution in [3.8, 4) is 11.8 Å². The molecule has 0 amide bonds. The third-order valence-electron chi connectivity index (χ3n) is 4.61. The highest BCUT2D eigenvalue weighted by atomic mass is 35.5. The van der Waals surface area contributed by atoms with Crippen LogP contribution in [0.15, 0.2) is 59.6 Å². The van der Waals surface area contributed by atoms with Crippen LogP contribution < -0.4 is 20.3 Å². The molecule has 0 fully saturated rings. The van der Waals surface area contributed by atoms with Crippen LogP contribution in [0, 0.1) is 0 Å². The molecule has 3 aromatic rings. The van der Waals surface area contributed by atoms with E-state index in [2.05, 4.69) is 25.8 Å². The number of nitrogens with zero attached hydrogens (tertiary/aromatic N) is 3. The van der Waals surface area contributed by atoms with E-state index in [-0.39, 0.29) is 12.7 Å². The van der Waals surface area contributed by atoms with E-state index in [1.807, 2.05) is 42.5 Å². The molecule has 1 aromatic heterocycles. The maximum absolute atomic E-state index is 6.27. The van der Waals surface area contributed by atoms with Gasteiger partial charge in [-0.2, -0.15) is 9.97 Å². The predicted octanol–water partition coefficient (Wildman–Crippen LogP) is 4.46. The zero-order chi connectivity index (χ0) is 22.3. The summed E-state index contributed by atoms with van der Waals surface area (Å²) in [5, 5.41) is 4.52. The summed E-state index contributed by atoms with van der Waals surface area (Å²) in [5.74, 6) is 1.75. The number of para-hydroxylation sites is 1. The average Bonchev–Trinajstić information content (AvgIpc) is 3.34. The zero-order valence-electron chi connectivity index (χ0n) is 17.2. The molecule has 2 N–H and O–H groups in total. The average molecular weight is 474 g/mol. The van der Waals surface area contributed by atoms with Gasteiger partial charge in [-0.05, 0) is 36.2 Å². The van der Waals surface area contributed by atoms with Gasteiger partial charge in [0, 0.05) is 22.7 Å². The number of hydrogen-bond acceptors (Lipinski definition) is 8. The molecular formula is C22H21Cl2N5O3. The number of halogens is 2. The summed E-state index contributed by atoms with van der Waals surface area (Å²) in [6.07, 6.45) is 0.0482. The van der Waals surface area contributed by atoms with Crippen LogP contribution in [0.4, 0.5) is 5.82 Å². The molecule has 2 aromatic carbocycles. The first kappa shape index (κ1) is 22.1. The lowest BCUT2D eigenvalue weighted by molar-refractivity contribution is 0.109. The Hall–Kier alpha value is -3.07. The molecular weight excluding hydrogens is 453 g/mol. The summed E-state index contributed by atoms with van der Waals surface area (Å²) >= 11 is 12.2. The van der Waals surface area contributed by atoms with Gasteiger partial charge in [0.15, 0.2) is 18.7 Å². The van der Waals surface area contributed by atoms with Gasteiger partial charge in [-0.25, -0.2) is 10.5 Å². The van der Waals surface area contributed by atoms with Crippen molar-refractivity contribution in [2.24, 2.45) is 4.99 Å². The largest absolute Gasteiger partial charge is 0.476 e. The van der Waals surface area contributed by atoms with Gasteiger partial charge in [-0.3, -0.25) is 4.84 Å². The fourth-order valence-electron chi connectivity index (χ4n) is 3.08. The number of benzene rings is 2. The Morgan fingerprint density at radius 3 is 2.69 bits per heavy atom. The highest BCUT2D eigenvalue weighted by Crippen LogP contribution is 2.26. The monoisotopic (exact) mass is 473 g/mol. The lowest BCUT2D eigenvalue weighted by Crippen LogP contribution is -2.29. The van der Waals surface area contributed by atoms with Crippen LogP contribution in [0.2, 0.25) is 10.0 Å². The van der Waals surface area contributed by atoms with Crippen LogP contribution in [0.5, 0.6) is 11.8 Å². The summed E-state index contributed by atoms with van der Waals surface area (Å²) in [6, 6.07) is 16.9. The van der Waals surface area contributed by atoms with Crippen molar-refractivity contribution in [2.45, 2.75) is 12.5 Å². The van der Waals surface area contributed by atoms with Gasteiger partial charge in [0.25, 0.3) is 0 Å². The number of nitrogens with one attached hydrogen (secondary N) is 2. The highest BCUT2D eigenvalue weighted by molar-refractivity contribution is 6.35. The number of aliphatic imine (C=N–C) groups is 1. The van der Waals surface area contributed by atoms with Gasteiger partial charge >= 0.3 is 6.01 Å². The zero-order valence-corrected chi connectivity index (χ0v) is 18.7. The SMILES string of the molecule is COc1nc(NCCc2ccc(Cl)cc2Cl)cc(C(Oc2ccccc2)C2=NCON2)n1. The van der Waals surface area contributed by atoms with Gasteiger partial charge in [-0.15, -0.1) is 0 Å². The molecule has 2 heterocycles. The van der Waals surface area contributed by atoms with Crippen LogP contribution in [0.1, 0.15) is 17.4 Å². The van der Waals surface area contributed by atoms with Crippen LogP contribution in [0.25, 0.3) is 0 Å². The molecule has 10 heteroatoms. The molecule has 0 radical (unpaired) electrons. The minimum atomic E-state index is -0.636. The Bertz CT molecular complexity index is 1100. The van der Waals surface area contributed by atoms with E-state index in [0.717, 1.165) is 5.56 Å². The second kappa shape index (κ2) is 10.5. The lowest BCUT2D eigenvalue weighted by Gasteiger charge is -2.19. The van der Waals surface area contributed by atoms with E-state index in [0.29, 0.717) is 46.1 Å². The van der Waals surface area contributed by atoms with E-state index >= 15 is 0 Å². The third kappa shape index (κ3) is 5.59. The summed E-state index contributed by atoms with van der Waals surface area (Å²) in [5.41, 5.74) is 4.33. The number of rotatable bonds is 9. The highest BCUT2D eigenvalue weighted by Gasteiger charge is 2.26. The molecule has 0 aliphatic carbocycles. The maximum atomic E-state index is 6.27. The van der Waals surface area contributed by atoms with Gasteiger partial charge in [0.2, 0.25) is 0 Å². The Labute approximate surface area is 195 Å². The normalized spacial score (nSPS) is 13.8. The van der Waals surface area contributed by atoms with Gasteiger partial charge in [0.1, 0.15) is 11.6 Å². The summed E-state index contributed by atoms with van der Waals surface area (Å²) < 4.78 is 11.5. The van der Waals surface area contributed by atoms with Crippen molar-refractivity contribution in [3.05, 3.63) is 75.9 Å². The Morgan fingerprint density at radius 2 is 1.97 bits per heavy atom. The molecule has 0 spiro atoms. The Balaban J connectivity index is 1.54. The van der Waals surface area contributed by atoms with E-state index < -0.39 is 6.10 Å². The van der Waals surface area contributed by atoms with E-state index in [1.165, 1.54) is 7.11 Å². The number of ether oxygens (including phenoxy) is 2. The first-order valence-corrected chi connectivity index (χ1v) is 10.6. The van der Waals surface area contributed by atoms with Gasteiger partial charge in [0.05, 0.1) is 12.8 Å². The molecule has 1 unspecified atom stereocenters. The summed E-state index contributed by atoms with van der Waals surface area (Å²) in [6.45, 7) is 0.784. The van der Waals surface area contributed by atoms with Crippen molar-refractivity contribution in [1.82, 2.24) is 15.4 Å². The Morgan fingerprint density at radius 1 is 1.12 bits per heavy atom. The molecule has 1 aliphatic rings. The number of hydrogen-bond donors (Lipinski definition) is 2. The van der Waals surface area contributed by atoms with Gasteiger partial charge < -0.3 is 14.8 Å². The number of hydroxylamine groups is 1. The Kier molecular flexibility index (Phi) is 7.26. The summed E-state index contributed by atoms with van der Waals surface area (Å²) in [7, 11) is 1.51. The third-order valence-corrected chi connectivity index (χ3v) is 5.20. The first-order chi connectivity index (χ1) is 15.6. The van der Waals surface area contributed by atoms with Crippen molar-refractivity contribution in [3.63, 3.8) is 0 Å². The van der Waals surface area contributed by atoms with Crippen molar-refractivity contribution in [2.75, 3.05) is 25.7 Å². The first-order valence-electron chi connectivity index (χ1n) is 9.87.